The van der Waals surface area contributed by atoms with Crippen molar-refractivity contribution in [1.82, 2.24) is 5.32 Å². The van der Waals surface area contributed by atoms with E-state index in [2.05, 4.69) is 16.8 Å². The van der Waals surface area contributed by atoms with Crippen molar-refractivity contribution in [2.75, 3.05) is 6.61 Å². The number of carbonyl (C=O) groups is 2. The number of aryl methyl sites for hydroxylation is 1. The summed E-state index contributed by atoms with van der Waals surface area (Å²) in [5.74, 6) is -0.463. The minimum absolute atomic E-state index is 0.217. The maximum absolute atomic E-state index is 12.2. The van der Waals surface area contributed by atoms with Crippen molar-refractivity contribution in [3.05, 3.63) is 51.7 Å². The van der Waals surface area contributed by atoms with Crippen molar-refractivity contribution in [3.8, 4) is 5.75 Å². The second-order valence-electron chi connectivity index (χ2n) is 6.44. The minimum Gasteiger partial charge on any atom is -0.493 e. The van der Waals surface area contributed by atoms with E-state index in [1.54, 1.807) is 23.5 Å². The van der Waals surface area contributed by atoms with Crippen molar-refractivity contribution in [2.24, 2.45) is 0 Å². The van der Waals surface area contributed by atoms with Gasteiger partial charge in [0.2, 0.25) is 5.91 Å². The summed E-state index contributed by atoms with van der Waals surface area (Å²) in [4.78, 5) is 25.1. The van der Waals surface area contributed by atoms with Crippen LogP contribution in [0.25, 0.3) is 0 Å². The molecule has 5 nitrogen and oxygen atoms in total. The molecule has 1 atom stereocenters. The van der Waals surface area contributed by atoms with E-state index in [1.165, 1.54) is 4.88 Å². The van der Waals surface area contributed by atoms with E-state index in [9.17, 15) is 14.7 Å². The summed E-state index contributed by atoms with van der Waals surface area (Å²) in [6.07, 6.45) is 4.92. The van der Waals surface area contributed by atoms with E-state index in [0.29, 0.717) is 18.6 Å². The molecule has 3 rings (SSSR count). The maximum atomic E-state index is 12.2. The molecule has 1 amide bonds. The van der Waals surface area contributed by atoms with Gasteiger partial charge in [0, 0.05) is 17.7 Å². The molecule has 2 aromatic rings. The zero-order valence-electron chi connectivity index (χ0n) is 14.6. The molecule has 0 spiro atoms. The van der Waals surface area contributed by atoms with Gasteiger partial charge in [-0.05, 0) is 54.0 Å². The fraction of sp³-hybridized carbons (Fsp3) is 0.400. The topological polar surface area (TPSA) is 75.6 Å². The van der Waals surface area contributed by atoms with E-state index < -0.39 is 12.0 Å². The number of carboxylic acids is 1. The Morgan fingerprint density at radius 1 is 1.23 bits per heavy atom. The SMILES string of the molecule is O=C(CCCCCc1cccs1)NC(C(=O)O)c1ccc2c(c1)CCO2. The van der Waals surface area contributed by atoms with Crippen molar-refractivity contribution in [3.63, 3.8) is 0 Å². The highest BCUT2D eigenvalue weighted by Gasteiger charge is 2.24. The molecule has 0 radical (unpaired) electrons. The molecule has 1 aliphatic rings. The lowest BCUT2D eigenvalue weighted by atomic mass is 10.0. The number of aliphatic carboxylic acids is 1. The van der Waals surface area contributed by atoms with Gasteiger partial charge in [-0.25, -0.2) is 4.79 Å². The molecule has 138 valence electrons. The van der Waals surface area contributed by atoms with Crippen LogP contribution in [0.3, 0.4) is 0 Å². The van der Waals surface area contributed by atoms with Gasteiger partial charge in [0.05, 0.1) is 6.61 Å². The first kappa shape index (κ1) is 18.5. The lowest BCUT2D eigenvalue weighted by Crippen LogP contribution is -2.33. The third kappa shape index (κ3) is 4.85. The Balaban J connectivity index is 1.46. The highest BCUT2D eigenvalue weighted by Crippen LogP contribution is 2.28. The fourth-order valence-corrected chi connectivity index (χ4v) is 3.87. The Morgan fingerprint density at radius 2 is 2.12 bits per heavy atom. The first-order chi connectivity index (χ1) is 12.6. The van der Waals surface area contributed by atoms with Crippen molar-refractivity contribution < 1.29 is 19.4 Å². The van der Waals surface area contributed by atoms with Crippen molar-refractivity contribution in [2.45, 2.75) is 44.6 Å². The summed E-state index contributed by atoms with van der Waals surface area (Å²) in [6, 6.07) is 8.47. The van der Waals surface area contributed by atoms with Gasteiger partial charge in [0.1, 0.15) is 5.75 Å². The van der Waals surface area contributed by atoms with Crippen LogP contribution in [0.1, 0.15) is 47.7 Å². The van der Waals surface area contributed by atoms with Gasteiger partial charge in [-0.2, -0.15) is 0 Å². The molecule has 0 bridgehead atoms. The first-order valence-electron chi connectivity index (χ1n) is 8.93. The van der Waals surface area contributed by atoms with Crippen LogP contribution >= 0.6 is 11.3 Å². The molecule has 1 aromatic heterocycles. The Hall–Kier alpha value is -2.34. The first-order valence-corrected chi connectivity index (χ1v) is 9.81. The molecule has 2 N–H and O–H groups in total. The van der Waals surface area contributed by atoms with Crippen LogP contribution in [0.15, 0.2) is 35.7 Å². The van der Waals surface area contributed by atoms with E-state index in [4.69, 9.17) is 4.74 Å². The van der Waals surface area contributed by atoms with E-state index in [-0.39, 0.29) is 5.91 Å². The minimum atomic E-state index is -1.05. The number of ether oxygens (including phenoxy) is 1. The van der Waals surface area contributed by atoms with Gasteiger partial charge in [0.15, 0.2) is 6.04 Å². The van der Waals surface area contributed by atoms with Crippen LogP contribution in [0.5, 0.6) is 5.75 Å². The third-order valence-corrected chi connectivity index (χ3v) is 5.44. The Labute approximate surface area is 157 Å². The summed E-state index contributed by atoms with van der Waals surface area (Å²) in [5, 5.41) is 14.2. The number of carboxylic acid groups (broad SMARTS) is 1. The number of hydrogen-bond acceptors (Lipinski definition) is 4. The van der Waals surface area contributed by atoms with Gasteiger partial charge >= 0.3 is 5.97 Å². The highest BCUT2D eigenvalue weighted by atomic mass is 32.1. The number of unbranched alkanes of at least 4 members (excludes halogenated alkanes) is 2. The monoisotopic (exact) mass is 373 g/mol. The van der Waals surface area contributed by atoms with Gasteiger partial charge < -0.3 is 15.2 Å². The molecule has 0 fully saturated rings. The Morgan fingerprint density at radius 3 is 2.88 bits per heavy atom. The quantitative estimate of drug-likeness (QED) is 0.657. The normalized spacial score (nSPS) is 13.7. The molecular formula is C20H23NO4S. The molecule has 6 heteroatoms. The lowest BCUT2D eigenvalue weighted by molar-refractivity contribution is -0.142. The lowest BCUT2D eigenvalue weighted by Gasteiger charge is -2.16. The number of nitrogens with one attached hydrogen (secondary N) is 1. The predicted octanol–water partition coefficient (Wildman–Crippen LogP) is 3.73. The van der Waals surface area contributed by atoms with Crippen LogP contribution in [0, 0.1) is 0 Å². The summed E-state index contributed by atoms with van der Waals surface area (Å²) in [5.41, 5.74) is 1.59. The average molecular weight is 373 g/mol. The summed E-state index contributed by atoms with van der Waals surface area (Å²) in [7, 11) is 0. The molecule has 1 unspecified atom stereocenters. The van der Waals surface area contributed by atoms with E-state index in [0.717, 1.165) is 43.4 Å². The zero-order chi connectivity index (χ0) is 18.4. The third-order valence-electron chi connectivity index (χ3n) is 4.51. The van der Waals surface area contributed by atoms with Crippen LogP contribution in [-0.4, -0.2) is 23.6 Å². The second kappa shape index (κ2) is 8.85. The smallest absolute Gasteiger partial charge is 0.330 e. The number of hydrogen-bond donors (Lipinski definition) is 2. The fourth-order valence-electron chi connectivity index (χ4n) is 3.12. The number of benzene rings is 1. The molecule has 26 heavy (non-hydrogen) atoms. The number of fused-ring (bicyclic) bond motifs is 1. The number of rotatable bonds is 9. The van der Waals surface area contributed by atoms with Crippen molar-refractivity contribution >= 4 is 23.2 Å². The molecule has 1 aliphatic heterocycles. The van der Waals surface area contributed by atoms with Gasteiger partial charge in [0.25, 0.3) is 0 Å². The second-order valence-corrected chi connectivity index (χ2v) is 7.48. The predicted molar refractivity (Wildman–Crippen MR) is 101 cm³/mol. The van der Waals surface area contributed by atoms with E-state index >= 15 is 0 Å². The molecule has 0 saturated carbocycles. The van der Waals surface area contributed by atoms with Crippen LogP contribution < -0.4 is 10.1 Å². The van der Waals surface area contributed by atoms with Crippen LogP contribution in [0.2, 0.25) is 0 Å². The molecule has 0 aliphatic carbocycles. The van der Waals surface area contributed by atoms with Gasteiger partial charge in [-0.15, -0.1) is 11.3 Å². The summed E-state index contributed by atoms with van der Waals surface area (Å²) < 4.78 is 5.44. The number of carbonyl (C=O) groups excluding carboxylic acids is 1. The molecule has 1 aromatic carbocycles. The summed E-state index contributed by atoms with van der Waals surface area (Å²) in [6.45, 7) is 0.619. The standard InChI is InChI=1S/C20H23NO4S/c22-18(7-3-1-2-5-16-6-4-12-26-16)21-19(20(23)24)15-8-9-17-14(13-15)10-11-25-17/h4,6,8-9,12-13,19H,1-3,5,7,10-11H2,(H,21,22)(H,23,24). The van der Waals surface area contributed by atoms with Crippen molar-refractivity contribution in [1.29, 1.82) is 0 Å². The van der Waals surface area contributed by atoms with Crippen LogP contribution in [0.4, 0.5) is 0 Å². The maximum Gasteiger partial charge on any atom is 0.330 e. The largest absolute Gasteiger partial charge is 0.493 e. The van der Waals surface area contributed by atoms with Gasteiger partial charge in [-0.3, -0.25) is 4.79 Å². The summed E-state index contributed by atoms with van der Waals surface area (Å²) >= 11 is 1.75. The van der Waals surface area contributed by atoms with E-state index in [1.807, 2.05) is 12.1 Å². The number of amides is 1. The van der Waals surface area contributed by atoms with Gasteiger partial charge in [-0.1, -0.05) is 18.6 Å². The molecular weight excluding hydrogens is 350 g/mol. The average Bonchev–Trinajstić information content (AvgIpc) is 3.29. The van der Waals surface area contributed by atoms with Crippen LogP contribution in [-0.2, 0) is 22.4 Å². The molecule has 0 saturated heterocycles. The Kier molecular flexibility index (Phi) is 6.28. The number of thiophene rings is 1. The highest BCUT2D eigenvalue weighted by molar-refractivity contribution is 7.09. The Bertz CT molecular complexity index is 757. The molecule has 2 heterocycles. The zero-order valence-corrected chi connectivity index (χ0v) is 15.4.